The van der Waals surface area contributed by atoms with Crippen LogP contribution in [0.15, 0.2) is 46.0 Å². The first-order chi connectivity index (χ1) is 12.9. The summed E-state index contributed by atoms with van der Waals surface area (Å²) in [6.07, 6.45) is 7.39. The lowest BCUT2D eigenvalue weighted by atomic mass is 10.2. The predicted molar refractivity (Wildman–Crippen MR) is 114 cm³/mol. The number of hydrogen-bond acceptors (Lipinski definition) is 2. The van der Waals surface area contributed by atoms with Crippen LogP contribution < -0.4 is 10.6 Å². The Labute approximate surface area is 168 Å². The molecule has 6 nitrogen and oxygen atoms in total. The summed E-state index contributed by atoms with van der Waals surface area (Å²) >= 11 is 3.48. The highest BCUT2D eigenvalue weighted by Crippen LogP contribution is 2.15. The minimum absolute atomic E-state index is 0.0176. The summed E-state index contributed by atoms with van der Waals surface area (Å²) in [6.45, 7) is 3.39. The molecule has 0 spiro atoms. The summed E-state index contributed by atoms with van der Waals surface area (Å²) < 4.78 is 3.08. The summed E-state index contributed by atoms with van der Waals surface area (Å²) in [6, 6.07) is 9.24. The fourth-order valence-corrected chi connectivity index (χ4v) is 3.12. The Morgan fingerprint density at radius 1 is 1.41 bits per heavy atom. The standard InChI is InChI=1S/C20H24BrN5O/c1-5-15-8-7-9-17(10-15)24-19(27)12-23-20(22-6-2)26(4)14-18-11-16(21)13-25(18)3/h1,7-11,13H,6,12,14H2,2-4H3,(H,22,23)(H,24,27). The fraction of sp³-hybridized carbons (Fsp3) is 0.300. The Bertz CT molecular complexity index is 865. The molecule has 0 fully saturated rings. The van der Waals surface area contributed by atoms with Crippen LogP contribution in [-0.2, 0) is 18.4 Å². The van der Waals surface area contributed by atoms with Crippen molar-refractivity contribution in [2.45, 2.75) is 13.5 Å². The van der Waals surface area contributed by atoms with Crippen LogP contribution in [0.2, 0.25) is 0 Å². The maximum Gasteiger partial charge on any atom is 0.246 e. The molecule has 0 atom stereocenters. The average Bonchev–Trinajstić information content (AvgIpc) is 2.95. The number of guanidine groups is 1. The quantitative estimate of drug-likeness (QED) is 0.421. The SMILES string of the molecule is C#Cc1cccc(NC(=O)CN=C(NCC)N(C)Cc2cc(Br)cn2C)c1. The zero-order valence-electron chi connectivity index (χ0n) is 15.8. The van der Waals surface area contributed by atoms with E-state index in [1.165, 1.54) is 0 Å². The number of nitrogens with zero attached hydrogens (tertiary/aromatic N) is 3. The van der Waals surface area contributed by atoms with Crippen molar-refractivity contribution < 1.29 is 4.79 Å². The van der Waals surface area contributed by atoms with Gasteiger partial charge in [-0.15, -0.1) is 6.42 Å². The van der Waals surface area contributed by atoms with Crippen LogP contribution in [0.4, 0.5) is 5.69 Å². The van der Waals surface area contributed by atoms with E-state index in [9.17, 15) is 4.79 Å². The molecule has 7 heteroatoms. The highest BCUT2D eigenvalue weighted by Gasteiger charge is 2.11. The number of aliphatic imine (C=N–C) groups is 1. The van der Waals surface area contributed by atoms with Crippen LogP contribution in [-0.4, -0.2) is 41.5 Å². The van der Waals surface area contributed by atoms with Crippen LogP contribution in [0.5, 0.6) is 0 Å². The molecule has 27 heavy (non-hydrogen) atoms. The van der Waals surface area contributed by atoms with E-state index in [1.54, 1.807) is 12.1 Å². The summed E-state index contributed by atoms with van der Waals surface area (Å²) in [7, 11) is 3.94. The molecule has 1 amide bonds. The lowest BCUT2D eigenvalue weighted by molar-refractivity contribution is -0.114. The monoisotopic (exact) mass is 429 g/mol. The minimum Gasteiger partial charge on any atom is -0.357 e. The van der Waals surface area contributed by atoms with Gasteiger partial charge in [0.25, 0.3) is 0 Å². The average molecular weight is 430 g/mol. The van der Waals surface area contributed by atoms with Crippen LogP contribution in [0.3, 0.4) is 0 Å². The molecule has 0 saturated heterocycles. The van der Waals surface area contributed by atoms with Gasteiger partial charge in [0.15, 0.2) is 5.96 Å². The molecular formula is C20H24BrN5O. The van der Waals surface area contributed by atoms with E-state index in [1.807, 2.05) is 44.2 Å². The molecule has 0 radical (unpaired) electrons. The van der Waals surface area contributed by atoms with Crippen molar-refractivity contribution in [3.05, 3.63) is 52.3 Å². The number of halogens is 1. The Hall–Kier alpha value is -2.72. The van der Waals surface area contributed by atoms with E-state index >= 15 is 0 Å². The number of anilines is 1. The van der Waals surface area contributed by atoms with Crippen LogP contribution >= 0.6 is 15.9 Å². The van der Waals surface area contributed by atoms with Crippen molar-refractivity contribution in [3.63, 3.8) is 0 Å². The predicted octanol–water partition coefficient (Wildman–Crippen LogP) is 2.80. The third-order valence-electron chi connectivity index (χ3n) is 3.86. The van der Waals surface area contributed by atoms with Gasteiger partial charge in [-0.3, -0.25) is 4.79 Å². The number of nitrogens with one attached hydrogen (secondary N) is 2. The number of benzene rings is 1. The first-order valence-electron chi connectivity index (χ1n) is 8.59. The number of carbonyl (C=O) groups is 1. The van der Waals surface area contributed by atoms with Gasteiger partial charge < -0.3 is 20.1 Å². The molecule has 0 aliphatic rings. The second kappa shape index (κ2) is 9.83. The van der Waals surface area contributed by atoms with E-state index in [0.29, 0.717) is 24.7 Å². The van der Waals surface area contributed by atoms with Gasteiger partial charge in [-0.1, -0.05) is 12.0 Å². The Kier molecular flexibility index (Phi) is 7.50. The topological polar surface area (TPSA) is 61.7 Å². The third-order valence-corrected chi connectivity index (χ3v) is 4.29. The van der Waals surface area contributed by atoms with Gasteiger partial charge >= 0.3 is 0 Å². The van der Waals surface area contributed by atoms with Gasteiger partial charge in [0.05, 0.1) is 6.54 Å². The molecular weight excluding hydrogens is 406 g/mol. The first kappa shape index (κ1) is 20.6. The first-order valence-corrected chi connectivity index (χ1v) is 9.39. The summed E-state index contributed by atoms with van der Waals surface area (Å²) in [4.78, 5) is 18.7. The number of hydrogen-bond donors (Lipinski definition) is 2. The van der Waals surface area contributed by atoms with E-state index in [2.05, 4.69) is 48.1 Å². The van der Waals surface area contributed by atoms with Gasteiger partial charge in [-0.05, 0) is 47.1 Å². The largest absolute Gasteiger partial charge is 0.357 e. The van der Waals surface area contributed by atoms with E-state index < -0.39 is 0 Å². The van der Waals surface area contributed by atoms with Gasteiger partial charge in [0, 0.05) is 48.3 Å². The number of amides is 1. The molecule has 0 unspecified atom stereocenters. The zero-order chi connectivity index (χ0) is 19.8. The maximum absolute atomic E-state index is 12.2. The highest BCUT2D eigenvalue weighted by atomic mass is 79.9. The van der Waals surface area contributed by atoms with Crippen molar-refractivity contribution in [1.82, 2.24) is 14.8 Å². The van der Waals surface area contributed by atoms with Crippen molar-refractivity contribution >= 4 is 33.5 Å². The number of aromatic nitrogens is 1. The second-order valence-corrected chi connectivity index (χ2v) is 6.98. The lowest BCUT2D eigenvalue weighted by Gasteiger charge is -2.22. The molecule has 2 aromatic rings. The molecule has 2 N–H and O–H groups in total. The van der Waals surface area contributed by atoms with E-state index in [4.69, 9.17) is 6.42 Å². The van der Waals surface area contributed by atoms with Gasteiger partial charge in [0.1, 0.15) is 6.54 Å². The molecule has 2 rings (SSSR count). The molecule has 0 aliphatic heterocycles. The van der Waals surface area contributed by atoms with Gasteiger partial charge in [-0.2, -0.15) is 0 Å². The molecule has 1 aromatic heterocycles. The summed E-state index contributed by atoms with van der Waals surface area (Å²) in [5.41, 5.74) is 2.52. The van der Waals surface area contributed by atoms with Crippen molar-refractivity contribution in [1.29, 1.82) is 0 Å². The Morgan fingerprint density at radius 3 is 2.81 bits per heavy atom. The normalized spacial score (nSPS) is 11.0. The molecule has 1 heterocycles. The zero-order valence-corrected chi connectivity index (χ0v) is 17.4. The van der Waals surface area contributed by atoms with Gasteiger partial charge in [-0.25, -0.2) is 4.99 Å². The molecule has 0 bridgehead atoms. The van der Waals surface area contributed by atoms with Crippen molar-refractivity contribution in [2.24, 2.45) is 12.0 Å². The number of aryl methyl sites for hydroxylation is 1. The molecule has 142 valence electrons. The summed E-state index contributed by atoms with van der Waals surface area (Å²) in [5, 5.41) is 6.03. The number of terminal acetylenes is 1. The lowest BCUT2D eigenvalue weighted by Crippen LogP contribution is -2.39. The van der Waals surface area contributed by atoms with Gasteiger partial charge in [0.2, 0.25) is 5.91 Å². The van der Waals surface area contributed by atoms with Crippen molar-refractivity contribution in [3.8, 4) is 12.3 Å². The molecule has 0 aliphatic carbocycles. The third kappa shape index (κ3) is 6.19. The van der Waals surface area contributed by atoms with Crippen LogP contribution in [0.1, 0.15) is 18.2 Å². The fourth-order valence-electron chi connectivity index (χ4n) is 2.54. The smallest absolute Gasteiger partial charge is 0.246 e. The van der Waals surface area contributed by atoms with E-state index in [0.717, 1.165) is 15.7 Å². The molecule has 1 aromatic carbocycles. The molecule has 0 saturated carbocycles. The van der Waals surface area contributed by atoms with Crippen LogP contribution in [0, 0.1) is 12.3 Å². The maximum atomic E-state index is 12.2. The van der Waals surface area contributed by atoms with Crippen LogP contribution in [0.25, 0.3) is 0 Å². The van der Waals surface area contributed by atoms with E-state index in [-0.39, 0.29) is 12.5 Å². The van der Waals surface area contributed by atoms with Crippen molar-refractivity contribution in [2.75, 3.05) is 25.5 Å². The summed E-state index contributed by atoms with van der Waals surface area (Å²) in [5.74, 6) is 3.02. The minimum atomic E-state index is -0.199. The highest BCUT2D eigenvalue weighted by molar-refractivity contribution is 9.10. The second-order valence-electron chi connectivity index (χ2n) is 6.06. The Balaban J connectivity index is 2.01. The Morgan fingerprint density at radius 2 is 2.19 bits per heavy atom. The number of carbonyl (C=O) groups excluding carboxylic acids is 1. The number of rotatable bonds is 6.